The highest BCUT2D eigenvalue weighted by Gasteiger charge is 2.48. The van der Waals surface area contributed by atoms with Gasteiger partial charge in [0.2, 0.25) is 0 Å². The lowest BCUT2D eigenvalue weighted by molar-refractivity contribution is -0.0435. The van der Waals surface area contributed by atoms with E-state index in [0.717, 1.165) is 6.07 Å². The summed E-state index contributed by atoms with van der Waals surface area (Å²) < 4.78 is 61.4. The molecule has 0 saturated carbocycles. The van der Waals surface area contributed by atoms with Gasteiger partial charge in [-0.15, -0.1) is 0 Å². The van der Waals surface area contributed by atoms with Crippen LogP contribution in [0.1, 0.15) is 20.8 Å². The first kappa shape index (κ1) is 17.8. The van der Waals surface area contributed by atoms with Crippen LogP contribution in [0.15, 0.2) is 29.2 Å². The van der Waals surface area contributed by atoms with Gasteiger partial charge in [0.15, 0.2) is 0 Å². The number of benzene rings is 1. The van der Waals surface area contributed by atoms with Crippen molar-refractivity contribution in [1.29, 1.82) is 0 Å². The zero-order chi connectivity index (χ0) is 16.5. The number of rotatable bonds is 5. The molecular weight excluding hydrogens is 305 g/mol. The van der Waals surface area contributed by atoms with E-state index in [9.17, 15) is 21.6 Å². The minimum absolute atomic E-state index is 0.0100. The maximum atomic E-state index is 12.7. The molecule has 1 rings (SSSR count). The molecule has 0 fully saturated rings. The highest BCUT2D eigenvalue weighted by Crippen LogP contribution is 2.35. The number of nitrogens with one attached hydrogen (secondary N) is 1. The molecule has 0 aliphatic rings. The highest BCUT2D eigenvalue weighted by molar-refractivity contribution is 7.92. The molecule has 0 saturated heterocycles. The van der Waals surface area contributed by atoms with Crippen LogP contribution in [0.3, 0.4) is 0 Å². The van der Waals surface area contributed by atoms with Gasteiger partial charge in [-0.3, -0.25) is 0 Å². The largest absolute Gasteiger partial charge is 0.501 e. The van der Waals surface area contributed by atoms with Gasteiger partial charge < -0.3 is 11.1 Å². The maximum Gasteiger partial charge on any atom is 0.501 e. The smallest absolute Gasteiger partial charge is 0.377 e. The first-order valence-electron chi connectivity index (χ1n) is 6.34. The van der Waals surface area contributed by atoms with Crippen LogP contribution in [0.4, 0.5) is 18.9 Å². The van der Waals surface area contributed by atoms with Crippen molar-refractivity contribution in [1.82, 2.24) is 0 Å². The Labute approximate surface area is 122 Å². The maximum absolute atomic E-state index is 12.7. The number of hydrogen-bond donors (Lipinski definition) is 2. The Morgan fingerprint density at radius 1 is 1.24 bits per heavy atom. The van der Waals surface area contributed by atoms with Crippen LogP contribution < -0.4 is 11.1 Å². The fourth-order valence-electron chi connectivity index (χ4n) is 1.67. The average Bonchev–Trinajstić information content (AvgIpc) is 2.37. The third kappa shape index (κ3) is 3.49. The Bertz CT molecular complexity index is 600. The standard InChI is InChI=1S/C13H19F3N2O2S/c1-9(2)12(3,8-17)18-10-6-4-5-7-11(10)21(19,20)13(14,15)16/h4-7,9,18H,8,17H2,1-3H3. The molecule has 120 valence electrons. The van der Waals surface area contributed by atoms with Crippen molar-refractivity contribution < 1.29 is 21.6 Å². The zero-order valence-corrected chi connectivity index (χ0v) is 12.8. The molecule has 4 nitrogen and oxygen atoms in total. The molecule has 0 aromatic heterocycles. The Kier molecular flexibility index (Phi) is 4.94. The molecule has 1 atom stereocenters. The van der Waals surface area contributed by atoms with Crippen molar-refractivity contribution in [3.8, 4) is 0 Å². The lowest BCUT2D eigenvalue weighted by Crippen LogP contribution is -2.47. The average molecular weight is 324 g/mol. The summed E-state index contributed by atoms with van der Waals surface area (Å²) in [6.45, 7) is 5.57. The summed E-state index contributed by atoms with van der Waals surface area (Å²) in [6.07, 6.45) is 0. The Balaban J connectivity index is 3.36. The molecule has 0 spiro atoms. The number of halogens is 3. The number of anilines is 1. The minimum atomic E-state index is -5.42. The van der Waals surface area contributed by atoms with E-state index >= 15 is 0 Å². The molecule has 1 aromatic rings. The number of sulfone groups is 1. The highest BCUT2D eigenvalue weighted by atomic mass is 32.2. The molecule has 8 heteroatoms. The van der Waals surface area contributed by atoms with Crippen molar-refractivity contribution in [3.05, 3.63) is 24.3 Å². The van der Waals surface area contributed by atoms with Crippen LogP contribution in [0.5, 0.6) is 0 Å². The van der Waals surface area contributed by atoms with Crippen molar-refractivity contribution in [2.75, 3.05) is 11.9 Å². The second-order valence-electron chi connectivity index (χ2n) is 5.35. The summed E-state index contributed by atoms with van der Waals surface area (Å²) in [5.74, 6) is -0.0100. The normalized spacial score (nSPS) is 15.8. The number of alkyl halides is 3. The predicted molar refractivity (Wildman–Crippen MR) is 75.6 cm³/mol. The Morgan fingerprint density at radius 2 is 1.76 bits per heavy atom. The van der Waals surface area contributed by atoms with Crippen molar-refractivity contribution in [2.45, 2.75) is 36.7 Å². The molecule has 21 heavy (non-hydrogen) atoms. The third-order valence-corrected chi connectivity index (χ3v) is 5.14. The van der Waals surface area contributed by atoms with E-state index in [4.69, 9.17) is 5.73 Å². The molecule has 0 amide bonds. The van der Waals surface area contributed by atoms with Gasteiger partial charge in [0.25, 0.3) is 9.84 Å². The van der Waals surface area contributed by atoms with Crippen molar-refractivity contribution in [2.24, 2.45) is 11.7 Å². The molecule has 3 N–H and O–H groups in total. The lowest BCUT2D eigenvalue weighted by atomic mass is 9.88. The molecule has 0 aliphatic heterocycles. The molecule has 0 bridgehead atoms. The molecule has 0 aliphatic carbocycles. The summed E-state index contributed by atoms with van der Waals surface area (Å²) in [5.41, 5.74) is -0.504. The van der Waals surface area contributed by atoms with Crippen LogP contribution >= 0.6 is 0 Å². The van der Waals surface area contributed by atoms with E-state index < -0.39 is 25.8 Å². The van der Waals surface area contributed by atoms with E-state index in [0.29, 0.717) is 0 Å². The van der Waals surface area contributed by atoms with Gasteiger partial charge in [0, 0.05) is 12.1 Å². The second-order valence-corrected chi connectivity index (χ2v) is 7.26. The van der Waals surface area contributed by atoms with Gasteiger partial charge >= 0.3 is 5.51 Å². The lowest BCUT2D eigenvalue weighted by Gasteiger charge is -2.35. The van der Waals surface area contributed by atoms with Crippen LogP contribution in [0.2, 0.25) is 0 Å². The summed E-state index contributed by atoms with van der Waals surface area (Å²) in [7, 11) is -5.42. The SMILES string of the molecule is CC(C)C(C)(CN)Nc1ccccc1S(=O)(=O)C(F)(F)F. The van der Waals surface area contributed by atoms with E-state index in [1.807, 2.05) is 13.8 Å². The van der Waals surface area contributed by atoms with Crippen molar-refractivity contribution >= 4 is 15.5 Å². The van der Waals surface area contributed by atoms with Gasteiger partial charge in [0.05, 0.1) is 10.6 Å². The fourth-order valence-corrected chi connectivity index (χ4v) is 2.58. The van der Waals surface area contributed by atoms with Gasteiger partial charge in [-0.1, -0.05) is 26.0 Å². The summed E-state index contributed by atoms with van der Waals surface area (Å²) in [6, 6.07) is 4.95. The topological polar surface area (TPSA) is 72.2 Å². The number of nitrogens with two attached hydrogens (primary N) is 1. The van der Waals surface area contributed by atoms with Gasteiger partial charge in [-0.25, -0.2) is 8.42 Å². The van der Waals surface area contributed by atoms with E-state index in [2.05, 4.69) is 5.32 Å². The monoisotopic (exact) mass is 324 g/mol. The van der Waals surface area contributed by atoms with Crippen LogP contribution in [-0.4, -0.2) is 26.0 Å². The van der Waals surface area contributed by atoms with E-state index in [-0.39, 0.29) is 18.2 Å². The molecule has 1 aromatic carbocycles. The first-order chi connectivity index (χ1) is 9.45. The van der Waals surface area contributed by atoms with Crippen LogP contribution in [-0.2, 0) is 9.84 Å². The summed E-state index contributed by atoms with van der Waals surface area (Å²) in [5, 5.41) is 2.85. The molecule has 0 radical (unpaired) electrons. The number of para-hydroxylation sites is 1. The number of hydrogen-bond acceptors (Lipinski definition) is 4. The fraction of sp³-hybridized carbons (Fsp3) is 0.538. The van der Waals surface area contributed by atoms with E-state index in [1.54, 1.807) is 6.92 Å². The summed E-state index contributed by atoms with van der Waals surface area (Å²) in [4.78, 5) is -0.794. The first-order valence-corrected chi connectivity index (χ1v) is 7.82. The second kappa shape index (κ2) is 5.84. The molecule has 0 heterocycles. The quantitative estimate of drug-likeness (QED) is 0.873. The van der Waals surface area contributed by atoms with Crippen molar-refractivity contribution in [3.63, 3.8) is 0 Å². The molecular formula is C13H19F3N2O2S. The Morgan fingerprint density at radius 3 is 2.19 bits per heavy atom. The minimum Gasteiger partial charge on any atom is -0.377 e. The van der Waals surface area contributed by atoms with Crippen LogP contribution in [0.25, 0.3) is 0 Å². The summed E-state index contributed by atoms with van der Waals surface area (Å²) >= 11 is 0. The van der Waals surface area contributed by atoms with Crippen LogP contribution in [0, 0.1) is 5.92 Å². The zero-order valence-electron chi connectivity index (χ0n) is 12.0. The van der Waals surface area contributed by atoms with Gasteiger partial charge in [-0.05, 0) is 25.0 Å². The van der Waals surface area contributed by atoms with Gasteiger partial charge in [0.1, 0.15) is 0 Å². The predicted octanol–water partition coefficient (Wildman–Crippen LogP) is 2.77. The third-order valence-electron chi connectivity index (χ3n) is 3.60. The van der Waals surface area contributed by atoms with E-state index in [1.165, 1.54) is 18.2 Å². The van der Waals surface area contributed by atoms with Gasteiger partial charge in [-0.2, -0.15) is 13.2 Å². The molecule has 1 unspecified atom stereocenters. The Hall–Kier alpha value is -1.28.